The van der Waals surface area contributed by atoms with Crippen LogP contribution in [0.5, 0.6) is 5.75 Å². The topological polar surface area (TPSA) is 106 Å². The first-order chi connectivity index (χ1) is 15.4. The molecule has 0 saturated heterocycles. The molecule has 0 spiro atoms. The summed E-state index contributed by atoms with van der Waals surface area (Å²) in [5, 5.41) is 12.9. The molecule has 8 nitrogen and oxygen atoms in total. The number of likely N-dealkylation sites (N-methyl/N-ethyl adjacent to an activating group) is 1. The monoisotopic (exact) mass is 445 g/mol. The lowest BCUT2D eigenvalue weighted by atomic mass is 10.0. The van der Waals surface area contributed by atoms with Gasteiger partial charge in [-0.05, 0) is 44.0 Å². The highest BCUT2D eigenvalue weighted by Gasteiger charge is 2.17. The normalized spacial score (nSPS) is 12.2. The van der Waals surface area contributed by atoms with Crippen molar-refractivity contribution in [3.8, 4) is 5.75 Å². The molecule has 1 atom stereocenters. The van der Waals surface area contributed by atoms with Crippen molar-refractivity contribution in [1.29, 1.82) is 0 Å². The molecule has 0 aliphatic heterocycles. The van der Waals surface area contributed by atoms with Crippen LogP contribution in [0.3, 0.4) is 0 Å². The van der Waals surface area contributed by atoms with Crippen LogP contribution in [0.4, 0.5) is 11.8 Å². The molecule has 1 unspecified atom stereocenters. The Morgan fingerprint density at radius 2 is 2.00 bits per heavy atom. The molecule has 0 bridgehead atoms. The minimum Gasteiger partial charge on any atom is -0.496 e. The predicted molar refractivity (Wildman–Crippen MR) is 129 cm³/mol. The Kier molecular flexibility index (Phi) is 10.7. The number of nitrogens with two attached hydrogens (primary N) is 1. The predicted octanol–water partition coefficient (Wildman–Crippen LogP) is 3.01. The van der Waals surface area contributed by atoms with Crippen molar-refractivity contribution in [3.63, 3.8) is 0 Å². The van der Waals surface area contributed by atoms with Crippen LogP contribution in [0.15, 0.2) is 18.2 Å². The van der Waals surface area contributed by atoms with Crippen LogP contribution in [0.2, 0.25) is 0 Å². The Morgan fingerprint density at radius 3 is 2.66 bits per heavy atom. The maximum absolute atomic E-state index is 9.44. The summed E-state index contributed by atoms with van der Waals surface area (Å²) < 4.78 is 10.9. The number of aliphatic hydroxyl groups excluding tert-OH is 1. The summed E-state index contributed by atoms with van der Waals surface area (Å²) in [6.07, 6.45) is 3.23. The van der Waals surface area contributed by atoms with Gasteiger partial charge in [0.1, 0.15) is 11.6 Å². The highest BCUT2D eigenvalue weighted by atomic mass is 16.5. The minimum absolute atomic E-state index is 0.126. The molecule has 0 aliphatic rings. The Labute approximate surface area is 192 Å². The highest BCUT2D eigenvalue weighted by molar-refractivity contribution is 5.53. The molecular weight excluding hydrogens is 406 g/mol. The van der Waals surface area contributed by atoms with Crippen LogP contribution in [0, 0.1) is 6.92 Å². The fraction of sp³-hybridized carbons (Fsp3) is 0.583. The Bertz CT molecular complexity index is 841. The summed E-state index contributed by atoms with van der Waals surface area (Å²) in [7, 11) is 5.48. The molecular formula is C24H39N5O3. The number of anilines is 2. The van der Waals surface area contributed by atoms with Gasteiger partial charge in [0.15, 0.2) is 0 Å². The Morgan fingerprint density at radius 1 is 1.22 bits per heavy atom. The van der Waals surface area contributed by atoms with Gasteiger partial charge in [-0.25, -0.2) is 4.98 Å². The molecule has 0 fully saturated rings. The number of hydrogen-bond donors (Lipinski definition) is 3. The number of nitrogens with one attached hydrogen (secondary N) is 1. The maximum atomic E-state index is 9.44. The van der Waals surface area contributed by atoms with Crippen molar-refractivity contribution in [3.05, 3.63) is 40.6 Å². The van der Waals surface area contributed by atoms with Gasteiger partial charge in [0.2, 0.25) is 5.95 Å². The second-order valence-electron chi connectivity index (χ2n) is 8.19. The zero-order valence-corrected chi connectivity index (χ0v) is 20.1. The molecule has 2 aromatic rings. The average molecular weight is 446 g/mol. The smallest absolute Gasteiger partial charge is 0.222 e. The number of methoxy groups -OCH3 is 2. The van der Waals surface area contributed by atoms with Crippen LogP contribution >= 0.6 is 0 Å². The average Bonchev–Trinajstić information content (AvgIpc) is 2.75. The first-order valence-electron chi connectivity index (χ1n) is 11.2. The lowest BCUT2D eigenvalue weighted by Crippen LogP contribution is -2.23. The van der Waals surface area contributed by atoms with E-state index in [2.05, 4.69) is 52.4 Å². The third-order valence-corrected chi connectivity index (χ3v) is 5.54. The van der Waals surface area contributed by atoms with E-state index < -0.39 is 0 Å². The molecule has 1 aromatic carbocycles. The van der Waals surface area contributed by atoms with E-state index in [1.54, 1.807) is 14.2 Å². The van der Waals surface area contributed by atoms with Crippen LogP contribution in [-0.2, 0) is 17.7 Å². The van der Waals surface area contributed by atoms with E-state index in [0.29, 0.717) is 19.4 Å². The van der Waals surface area contributed by atoms with Gasteiger partial charge in [-0.3, -0.25) is 4.90 Å². The molecule has 178 valence electrons. The van der Waals surface area contributed by atoms with Crippen LogP contribution < -0.4 is 15.8 Å². The van der Waals surface area contributed by atoms with Gasteiger partial charge in [0.05, 0.1) is 13.7 Å². The van der Waals surface area contributed by atoms with Crippen LogP contribution in [-0.4, -0.2) is 67.0 Å². The Balaban J connectivity index is 2.29. The fourth-order valence-corrected chi connectivity index (χ4v) is 3.80. The van der Waals surface area contributed by atoms with E-state index in [1.165, 1.54) is 5.56 Å². The number of hydrogen-bond acceptors (Lipinski definition) is 8. The van der Waals surface area contributed by atoms with Crippen LogP contribution in [0.1, 0.15) is 48.6 Å². The van der Waals surface area contributed by atoms with E-state index in [9.17, 15) is 5.11 Å². The van der Waals surface area contributed by atoms with Crippen molar-refractivity contribution in [1.82, 2.24) is 14.9 Å². The molecule has 1 heterocycles. The first kappa shape index (κ1) is 25.8. The van der Waals surface area contributed by atoms with Gasteiger partial charge < -0.3 is 25.6 Å². The lowest BCUT2D eigenvalue weighted by molar-refractivity contribution is 0.158. The third-order valence-electron chi connectivity index (χ3n) is 5.54. The molecule has 0 aliphatic carbocycles. The second kappa shape index (κ2) is 13.2. The van der Waals surface area contributed by atoms with Gasteiger partial charge in [-0.1, -0.05) is 25.5 Å². The zero-order valence-electron chi connectivity index (χ0n) is 20.1. The van der Waals surface area contributed by atoms with E-state index in [1.807, 2.05) is 6.92 Å². The molecule has 8 heteroatoms. The summed E-state index contributed by atoms with van der Waals surface area (Å²) in [6, 6.07) is 6.46. The lowest BCUT2D eigenvalue weighted by Gasteiger charge is -2.22. The number of nitrogen functional groups attached to an aromatic ring is 1. The number of aromatic nitrogens is 2. The fourth-order valence-electron chi connectivity index (χ4n) is 3.80. The summed E-state index contributed by atoms with van der Waals surface area (Å²) in [5.41, 5.74) is 10.0. The quantitative estimate of drug-likeness (QED) is 0.407. The minimum atomic E-state index is 0.126. The third kappa shape index (κ3) is 7.62. The second-order valence-corrected chi connectivity index (χ2v) is 8.19. The van der Waals surface area contributed by atoms with E-state index >= 15 is 0 Å². The first-order valence-corrected chi connectivity index (χ1v) is 11.2. The standard InChI is InChI=1S/C24H39N5O3/c1-6-7-20(10-12-30)27-23-21(17(2)26-24(25)28-23)15-19-9-8-18(14-22(19)32-5)16-29(3)11-13-31-4/h8-9,14,20,30H,6-7,10-13,15-16H2,1-5H3,(H3,25,26,27,28). The van der Waals surface area contributed by atoms with E-state index in [0.717, 1.165) is 54.3 Å². The van der Waals surface area contributed by atoms with Gasteiger partial charge in [-0.15, -0.1) is 0 Å². The maximum Gasteiger partial charge on any atom is 0.222 e. The van der Waals surface area contributed by atoms with Crippen molar-refractivity contribution >= 4 is 11.8 Å². The molecule has 0 radical (unpaired) electrons. The zero-order chi connectivity index (χ0) is 23.5. The number of nitrogens with zero attached hydrogens (tertiary/aromatic N) is 3. The molecule has 1 aromatic heterocycles. The number of aryl methyl sites for hydroxylation is 1. The molecule has 0 saturated carbocycles. The van der Waals surface area contributed by atoms with Gasteiger partial charge in [0.25, 0.3) is 0 Å². The summed E-state index contributed by atoms with van der Waals surface area (Å²) in [4.78, 5) is 11.1. The number of benzene rings is 1. The molecule has 32 heavy (non-hydrogen) atoms. The largest absolute Gasteiger partial charge is 0.496 e. The van der Waals surface area contributed by atoms with Crippen molar-refractivity contribution < 1.29 is 14.6 Å². The number of aliphatic hydroxyl groups is 1. The van der Waals surface area contributed by atoms with E-state index in [-0.39, 0.29) is 18.6 Å². The SMILES string of the molecule is CCCC(CCO)Nc1nc(N)nc(C)c1Cc1ccc(CN(C)CCOC)cc1OC. The molecule has 4 N–H and O–H groups in total. The van der Waals surface area contributed by atoms with Crippen molar-refractivity contribution in [2.45, 2.75) is 52.1 Å². The summed E-state index contributed by atoms with van der Waals surface area (Å²) in [5.74, 6) is 1.81. The summed E-state index contributed by atoms with van der Waals surface area (Å²) in [6.45, 7) is 6.59. The number of rotatable bonds is 14. The number of ether oxygens (including phenoxy) is 2. The molecule has 0 amide bonds. The summed E-state index contributed by atoms with van der Waals surface area (Å²) >= 11 is 0. The van der Waals surface area contributed by atoms with Crippen molar-refractivity contribution in [2.75, 3.05) is 52.1 Å². The van der Waals surface area contributed by atoms with E-state index in [4.69, 9.17) is 15.2 Å². The van der Waals surface area contributed by atoms with Gasteiger partial charge >= 0.3 is 0 Å². The Hall–Kier alpha value is -2.42. The van der Waals surface area contributed by atoms with Crippen molar-refractivity contribution in [2.24, 2.45) is 0 Å². The molecule has 2 rings (SSSR count). The van der Waals surface area contributed by atoms with Gasteiger partial charge in [0, 0.05) is 50.5 Å². The van der Waals surface area contributed by atoms with Crippen LogP contribution in [0.25, 0.3) is 0 Å². The van der Waals surface area contributed by atoms with Gasteiger partial charge in [-0.2, -0.15) is 4.98 Å². The highest BCUT2D eigenvalue weighted by Crippen LogP contribution is 2.28.